The highest BCUT2D eigenvalue weighted by molar-refractivity contribution is 5.74. The van der Waals surface area contributed by atoms with Gasteiger partial charge in [-0.1, -0.05) is 6.07 Å². The first-order valence-corrected chi connectivity index (χ1v) is 6.58. The zero-order valence-electron chi connectivity index (χ0n) is 11.1. The van der Waals surface area contributed by atoms with E-state index in [4.69, 9.17) is 5.11 Å². The van der Waals surface area contributed by atoms with Crippen molar-refractivity contribution >= 4 is 12.0 Å². The molecule has 5 nitrogen and oxygen atoms in total. The van der Waals surface area contributed by atoms with Gasteiger partial charge in [-0.2, -0.15) is 0 Å². The van der Waals surface area contributed by atoms with Gasteiger partial charge >= 0.3 is 12.0 Å². The molecule has 0 unspecified atom stereocenters. The van der Waals surface area contributed by atoms with Crippen LogP contribution in [0.4, 0.5) is 9.18 Å². The smallest absolute Gasteiger partial charge is 0.317 e. The normalized spacial score (nSPS) is 13.8. The van der Waals surface area contributed by atoms with Crippen molar-refractivity contribution in [3.05, 3.63) is 35.1 Å². The third-order valence-electron chi connectivity index (χ3n) is 3.31. The number of benzene rings is 1. The van der Waals surface area contributed by atoms with Crippen LogP contribution in [0.25, 0.3) is 0 Å². The average molecular weight is 280 g/mol. The monoisotopic (exact) mass is 280 g/mol. The number of hydrogen-bond acceptors (Lipinski definition) is 2. The highest BCUT2D eigenvalue weighted by atomic mass is 19.1. The van der Waals surface area contributed by atoms with E-state index in [0.29, 0.717) is 32.5 Å². The zero-order valence-corrected chi connectivity index (χ0v) is 11.1. The van der Waals surface area contributed by atoms with Crippen LogP contribution < -0.4 is 5.32 Å². The molecule has 1 aromatic carbocycles. The molecule has 0 radical (unpaired) electrons. The largest absolute Gasteiger partial charge is 0.481 e. The first-order chi connectivity index (χ1) is 9.56. The van der Waals surface area contributed by atoms with Crippen molar-refractivity contribution in [2.24, 2.45) is 0 Å². The van der Waals surface area contributed by atoms with Gasteiger partial charge < -0.3 is 15.3 Å². The fourth-order valence-corrected chi connectivity index (χ4v) is 2.24. The van der Waals surface area contributed by atoms with Crippen molar-refractivity contribution in [1.29, 1.82) is 0 Å². The van der Waals surface area contributed by atoms with E-state index in [1.54, 1.807) is 11.0 Å². The second-order valence-corrected chi connectivity index (χ2v) is 4.81. The SMILES string of the molecule is O=C(O)CCCNC(=O)N1CCc2cc(F)ccc2C1. The van der Waals surface area contributed by atoms with Gasteiger partial charge in [-0.05, 0) is 36.1 Å². The minimum Gasteiger partial charge on any atom is -0.481 e. The molecule has 0 bridgehead atoms. The van der Waals surface area contributed by atoms with Crippen molar-refractivity contribution in [2.75, 3.05) is 13.1 Å². The third-order valence-corrected chi connectivity index (χ3v) is 3.31. The molecule has 20 heavy (non-hydrogen) atoms. The number of carboxylic acid groups (broad SMARTS) is 1. The Morgan fingerprint density at radius 1 is 1.35 bits per heavy atom. The highest BCUT2D eigenvalue weighted by Crippen LogP contribution is 2.19. The molecular formula is C14H17FN2O3. The number of carboxylic acids is 1. The molecule has 1 heterocycles. The third kappa shape index (κ3) is 3.69. The van der Waals surface area contributed by atoms with E-state index in [-0.39, 0.29) is 18.3 Å². The molecule has 1 aliphatic heterocycles. The Kier molecular flexibility index (Phi) is 4.55. The summed E-state index contributed by atoms with van der Waals surface area (Å²) in [6, 6.07) is 4.41. The summed E-state index contributed by atoms with van der Waals surface area (Å²) in [7, 11) is 0. The number of hydrogen-bond donors (Lipinski definition) is 2. The summed E-state index contributed by atoms with van der Waals surface area (Å²) in [5.41, 5.74) is 1.90. The lowest BCUT2D eigenvalue weighted by Gasteiger charge is -2.29. The van der Waals surface area contributed by atoms with Gasteiger partial charge in [-0.25, -0.2) is 9.18 Å². The van der Waals surface area contributed by atoms with Crippen LogP contribution in [-0.4, -0.2) is 35.1 Å². The second kappa shape index (κ2) is 6.36. The van der Waals surface area contributed by atoms with Gasteiger partial charge in [-0.3, -0.25) is 4.79 Å². The topological polar surface area (TPSA) is 69.6 Å². The molecule has 0 atom stereocenters. The van der Waals surface area contributed by atoms with Gasteiger partial charge in [0.2, 0.25) is 0 Å². The Balaban J connectivity index is 1.84. The summed E-state index contributed by atoms with van der Waals surface area (Å²) in [5.74, 6) is -1.12. The van der Waals surface area contributed by atoms with Crippen LogP contribution in [0.15, 0.2) is 18.2 Å². The van der Waals surface area contributed by atoms with E-state index >= 15 is 0 Å². The van der Waals surface area contributed by atoms with E-state index < -0.39 is 5.97 Å². The zero-order chi connectivity index (χ0) is 14.5. The van der Waals surface area contributed by atoms with Gasteiger partial charge in [0.1, 0.15) is 5.82 Å². The fourth-order valence-electron chi connectivity index (χ4n) is 2.24. The summed E-state index contributed by atoms with van der Waals surface area (Å²) < 4.78 is 13.1. The molecule has 0 saturated carbocycles. The minimum absolute atomic E-state index is 0.0440. The molecule has 2 amide bonds. The van der Waals surface area contributed by atoms with Crippen LogP contribution in [0.3, 0.4) is 0 Å². The molecule has 1 aromatic rings. The van der Waals surface area contributed by atoms with Gasteiger partial charge in [0.05, 0.1) is 0 Å². The van der Waals surface area contributed by atoms with Crippen molar-refractivity contribution in [2.45, 2.75) is 25.8 Å². The maximum atomic E-state index is 13.1. The van der Waals surface area contributed by atoms with Crippen molar-refractivity contribution in [3.63, 3.8) is 0 Å². The molecule has 1 aliphatic rings. The molecule has 0 saturated heterocycles. The lowest BCUT2D eigenvalue weighted by molar-refractivity contribution is -0.137. The van der Waals surface area contributed by atoms with Crippen molar-refractivity contribution in [3.8, 4) is 0 Å². The number of fused-ring (bicyclic) bond motifs is 1. The minimum atomic E-state index is -0.867. The molecular weight excluding hydrogens is 263 g/mol. The number of nitrogens with zero attached hydrogens (tertiary/aromatic N) is 1. The van der Waals surface area contributed by atoms with Gasteiger partial charge in [0.15, 0.2) is 0 Å². The van der Waals surface area contributed by atoms with E-state index in [1.165, 1.54) is 12.1 Å². The standard InChI is InChI=1S/C14H17FN2O3/c15-12-4-3-11-9-17(7-5-10(11)8-12)14(20)16-6-1-2-13(18)19/h3-4,8H,1-2,5-7,9H2,(H,16,20)(H,18,19). The van der Waals surface area contributed by atoms with Crippen molar-refractivity contribution < 1.29 is 19.1 Å². The van der Waals surface area contributed by atoms with Crippen LogP contribution in [0.5, 0.6) is 0 Å². The quantitative estimate of drug-likeness (QED) is 0.826. The summed E-state index contributed by atoms with van der Waals surface area (Å²) >= 11 is 0. The van der Waals surface area contributed by atoms with Crippen molar-refractivity contribution in [1.82, 2.24) is 10.2 Å². The number of halogens is 1. The van der Waals surface area contributed by atoms with Gasteiger partial charge in [0, 0.05) is 26.1 Å². The van der Waals surface area contributed by atoms with Gasteiger partial charge in [-0.15, -0.1) is 0 Å². The van der Waals surface area contributed by atoms with Crippen LogP contribution in [-0.2, 0) is 17.8 Å². The van der Waals surface area contributed by atoms with Crippen LogP contribution in [0.1, 0.15) is 24.0 Å². The predicted molar refractivity (Wildman–Crippen MR) is 70.8 cm³/mol. The number of aliphatic carboxylic acids is 1. The Morgan fingerprint density at radius 3 is 2.90 bits per heavy atom. The first kappa shape index (κ1) is 14.3. The van der Waals surface area contributed by atoms with E-state index in [9.17, 15) is 14.0 Å². The number of urea groups is 1. The molecule has 0 spiro atoms. The Labute approximate surface area is 116 Å². The number of nitrogens with one attached hydrogen (secondary N) is 1. The molecule has 2 rings (SSSR count). The maximum Gasteiger partial charge on any atom is 0.317 e. The Morgan fingerprint density at radius 2 is 2.15 bits per heavy atom. The first-order valence-electron chi connectivity index (χ1n) is 6.58. The summed E-state index contributed by atoms with van der Waals surface area (Å²) in [5, 5.41) is 11.2. The molecule has 0 aromatic heterocycles. The van der Waals surface area contributed by atoms with E-state index in [2.05, 4.69) is 5.32 Å². The highest BCUT2D eigenvalue weighted by Gasteiger charge is 2.20. The second-order valence-electron chi connectivity index (χ2n) is 4.81. The number of carbonyl (C=O) groups is 2. The van der Waals surface area contributed by atoms with E-state index in [0.717, 1.165) is 11.1 Å². The van der Waals surface area contributed by atoms with Crippen LogP contribution in [0, 0.1) is 5.82 Å². The molecule has 0 aliphatic carbocycles. The van der Waals surface area contributed by atoms with E-state index in [1.807, 2.05) is 0 Å². The van der Waals surface area contributed by atoms with Crippen LogP contribution in [0.2, 0.25) is 0 Å². The molecule has 2 N–H and O–H groups in total. The maximum absolute atomic E-state index is 13.1. The molecule has 6 heteroatoms. The van der Waals surface area contributed by atoms with Crippen LogP contribution >= 0.6 is 0 Å². The number of carbonyl (C=O) groups excluding carboxylic acids is 1. The summed E-state index contributed by atoms with van der Waals surface area (Å²) in [6.45, 7) is 1.35. The molecule has 0 fully saturated rings. The lowest BCUT2D eigenvalue weighted by Crippen LogP contribution is -2.43. The Hall–Kier alpha value is -2.11. The summed E-state index contributed by atoms with van der Waals surface area (Å²) in [4.78, 5) is 23.9. The lowest BCUT2D eigenvalue weighted by atomic mass is 10.00. The molecule has 108 valence electrons. The number of amides is 2. The average Bonchev–Trinajstić information content (AvgIpc) is 2.42. The number of rotatable bonds is 4. The Bertz CT molecular complexity index is 519. The predicted octanol–water partition coefficient (Wildman–Crippen LogP) is 1.76. The fraction of sp³-hybridized carbons (Fsp3) is 0.429. The van der Waals surface area contributed by atoms with Gasteiger partial charge in [0.25, 0.3) is 0 Å². The summed E-state index contributed by atoms with van der Waals surface area (Å²) in [6.07, 6.45) is 1.09.